The van der Waals surface area contributed by atoms with E-state index in [1.54, 1.807) is 0 Å². The summed E-state index contributed by atoms with van der Waals surface area (Å²) in [6.45, 7) is 0.663. The van der Waals surface area contributed by atoms with Crippen molar-refractivity contribution in [3.05, 3.63) is 17.5 Å². The van der Waals surface area contributed by atoms with Crippen LogP contribution in [0.1, 0.15) is 54.1 Å². The van der Waals surface area contributed by atoms with Gasteiger partial charge >= 0.3 is 6.18 Å². The second kappa shape index (κ2) is 5.35. The zero-order chi connectivity index (χ0) is 15.0. The second-order valence-electron chi connectivity index (χ2n) is 5.97. The number of halogens is 3. The van der Waals surface area contributed by atoms with Gasteiger partial charge in [0, 0.05) is 25.4 Å². The van der Waals surface area contributed by atoms with E-state index in [4.69, 9.17) is 4.52 Å². The van der Waals surface area contributed by atoms with Gasteiger partial charge in [0.15, 0.2) is 0 Å². The Kier molecular flexibility index (Phi) is 3.67. The van der Waals surface area contributed by atoms with E-state index in [1.165, 1.54) is 11.2 Å². The Labute approximate surface area is 120 Å². The Hall–Kier alpha value is -1.53. The van der Waals surface area contributed by atoms with Crippen LogP contribution in [0.2, 0.25) is 0 Å². The lowest BCUT2D eigenvalue weighted by atomic mass is 9.94. The highest BCUT2D eigenvalue weighted by molar-refractivity contribution is 5.95. The molecule has 0 unspecified atom stereocenters. The Morgan fingerprint density at radius 3 is 2.81 bits per heavy atom. The fourth-order valence-electron chi connectivity index (χ4n) is 2.97. The molecule has 4 nitrogen and oxygen atoms in total. The van der Waals surface area contributed by atoms with Crippen LogP contribution in [0.25, 0.3) is 0 Å². The predicted octanol–water partition coefficient (Wildman–Crippen LogP) is 3.36. The molecule has 0 aromatic carbocycles. The largest absolute Gasteiger partial charge is 0.389 e. The van der Waals surface area contributed by atoms with Crippen LogP contribution < -0.4 is 0 Å². The molecule has 0 bridgehead atoms. The number of piperidine rings is 1. The summed E-state index contributed by atoms with van der Waals surface area (Å²) in [5, 5.41) is 3.87. The van der Waals surface area contributed by atoms with Crippen LogP contribution in [0.4, 0.5) is 13.2 Å². The third-order valence-corrected chi connectivity index (χ3v) is 4.12. The summed E-state index contributed by atoms with van der Waals surface area (Å²) in [4.78, 5) is 14.0. The van der Waals surface area contributed by atoms with Crippen LogP contribution in [0.3, 0.4) is 0 Å². The minimum Gasteiger partial charge on any atom is -0.364 e. The Bertz CT molecular complexity index is 523. The van der Waals surface area contributed by atoms with Crippen molar-refractivity contribution in [3.8, 4) is 0 Å². The standard InChI is InChI=1S/C14H17F3N2O2/c15-14(16,17)6-9-2-1-5-19(7-9)13(20)11-8-21-18-12(11)10-3-4-10/h8-10H,1-7H2/t9-/m1/s1. The molecule has 3 rings (SSSR count). The molecule has 1 saturated heterocycles. The summed E-state index contributed by atoms with van der Waals surface area (Å²) >= 11 is 0. The SMILES string of the molecule is O=C(c1conc1C1CC1)N1CCC[C@H](CC(F)(F)F)C1. The van der Waals surface area contributed by atoms with Crippen molar-refractivity contribution >= 4 is 5.91 Å². The molecule has 1 aliphatic heterocycles. The molecule has 1 aromatic heterocycles. The van der Waals surface area contributed by atoms with Gasteiger partial charge < -0.3 is 9.42 Å². The van der Waals surface area contributed by atoms with Crippen molar-refractivity contribution in [3.63, 3.8) is 0 Å². The monoisotopic (exact) mass is 302 g/mol. The molecular weight excluding hydrogens is 285 g/mol. The van der Waals surface area contributed by atoms with E-state index < -0.39 is 18.5 Å². The lowest BCUT2D eigenvalue weighted by Gasteiger charge is -2.33. The number of rotatable bonds is 3. The van der Waals surface area contributed by atoms with Crippen LogP contribution in [0, 0.1) is 5.92 Å². The zero-order valence-corrected chi connectivity index (χ0v) is 11.5. The number of hydrogen-bond acceptors (Lipinski definition) is 3. The van der Waals surface area contributed by atoms with Crippen molar-refractivity contribution in [1.29, 1.82) is 0 Å². The maximum Gasteiger partial charge on any atom is 0.389 e. The van der Waals surface area contributed by atoms with Crippen molar-refractivity contribution in [1.82, 2.24) is 10.1 Å². The van der Waals surface area contributed by atoms with E-state index in [-0.39, 0.29) is 18.4 Å². The summed E-state index contributed by atoms with van der Waals surface area (Å²) in [5.41, 5.74) is 1.09. The number of carbonyl (C=O) groups excluding carboxylic acids is 1. The average molecular weight is 302 g/mol. The minimum atomic E-state index is -4.17. The predicted molar refractivity (Wildman–Crippen MR) is 67.8 cm³/mol. The molecule has 1 amide bonds. The Balaban J connectivity index is 1.68. The van der Waals surface area contributed by atoms with Gasteiger partial charge in [0.1, 0.15) is 11.8 Å². The third-order valence-electron chi connectivity index (χ3n) is 4.12. The topological polar surface area (TPSA) is 46.3 Å². The first kappa shape index (κ1) is 14.4. The van der Waals surface area contributed by atoms with Gasteiger partial charge in [-0.15, -0.1) is 0 Å². The highest BCUT2D eigenvalue weighted by Gasteiger charge is 2.37. The van der Waals surface area contributed by atoms with E-state index in [0.29, 0.717) is 30.6 Å². The first-order chi connectivity index (χ1) is 9.94. The molecule has 0 spiro atoms. The fourth-order valence-corrected chi connectivity index (χ4v) is 2.97. The van der Waals surface area contributed by atoms with Crippen molar-refractivity contribution in [2.75, 3.05) is 13.1 Å². The van der Waals surface area contributed by atoms with E-state index in [2.05, 4.69) is 5.16 Å². The number of alkyl halides is 3. The highest BCUT2D eigenvalue weighted by atomic mass is 19.4. The molecule has 2 fully saturated rings. The number of carbonyl (C=O) groups is 1. The molecule has 0 N–H and O–H groups in total. The van der Waals surface area contributed by atoms with Gasteiger partial charge in [0.05, 0.1) is 5.69 Å². The normalized spacial score (nSPS) is 23.4. The van der Waals surface area contributed by atoms with E-state index in [0.717, 1.165) is 12.8 Å². The summed E-state index contributed by atoms with van der Waals surface area (Å²) in [6, 6.07) is 0. The van der Waals surface area contributed by atoms with Gasteiger partial charge in [0.25, 0.3) is 5.91 Å². The lowest BCUT2D eigenvalue weighted by molar-refractivity contribution is -0.147. The minimum absolute atomic E-state index is 0.160. The molecule has 116 valence electrons. The Morgan fingerprint density at radius 1 is 1.38 bits per heavy atom. The van der Waals surface area contributed by atoms with Crippen LogP contribution in [0.15, 0.2) is 10.8 Å². The molecule has 1 aromatic rings. The van der Waals surface area contributed by atoms with Gasteiger partial charge in [-0.1, -0.05) is 5.16 Å². The molecule has 21 heavy (non-hydrogen) atoms. The summed E-state index contributed by atoms with van der Waals surface area (Å²) < 4.78 is 42.4. The number of nitrogens with zero attached hydrogens (tertiary/aromatic N) is 2. The highest BCUT2D eigenvalue weighted by Crippen LogP contribution is 2.41. The molecule has 2 heterocycles. The smallest absolute Gasteiger partial charge is 0.364 e. The van der Waals surface area contributed by atoms with Crippen LogP contribution in [-0.2, 0) is 0 Å². The van der Waals surface area contributed by atoms with E-state index >= 15 is 0 Å². The summed E-state index contributed by atoms with van der Waals surface area (Å²) in [7, 11) is 0. The average Bonchev–Trinajstić information content (AvgIpc) is 3.14. The number of hydrogen-bond donors (Lipinski definition) is 0. The molecule has 2 aliphatic rings. The quantitative estimate of drug-likeness (QED) is 0.860. The van der Waals surface area contributed by atoms with Crippen LogP contribution >= 0.6 is 0 Å². The third kappa shape index (κ3) is 3.39. The van der Waals surface area contributed by atoms with Gasteiger partial charge in [-0.3, -0.25) is 4.79 Å². The van der Waals surface area contributed by atoms with Gasteiger partial charge in [0.2, 0.25) is 0 Å². The lowest BCUT2D eigenvalue weighted by Crippen LogP contribution is -2.41. The van der Waals surface area contributed by atoms with E-state index in [9.17, 15) is 18.0 Å². The number of amides is 1. The van der Waals surface area contributed by atoms with Crippen molar-refractivity contribution in [2.45, 2.75) is 44.2 Å². The maximum atomic E-state index is 12.5. The summed E-state index contributed by atoms with van der Waals surface area (Å²) in [6.07, 6.45) is -0.571. The molecule has 0 radical (unpaired) electrons. The zero-order valence-electron chi connectivity index (χ0n) is 11.5. The Morgan fingerprint density at radius 2 is 2.14 bits per heavy atom. The maximum absolute atomic E-state index is 12.5. The van der Waals surface area contributed by atoms with Crippen molar-refractivity contribution in [2.24, 2.45) is 5.92 Å². The van der Waals surface area contributed by atoms with Gasteiger partial charge in [-0.05, 0) is 31.6 Å². The number of aromatic nitrogens is 1. The second-order valence-corrected chi connectivity index (χ2v) is 5.97. The van der Waals surface area contributed by atoms with E-state index in [1.807, 2.05) is 0 Å². The van der Waals surface area contributed by atoms with Crippen molar-refractivity contribution < 1.29 is 22.5 Å². The van der Waals surface area contributed by atoms with Crippen LogP contribution in [-0.4, -0.2) is 35.2 Å². The molecule has 1 aliphatic carbocycles. The first-order valence-electron chi connectivity index (χ1n) is 7.24. The molecule has 7 heteroatoms. The number of likely N-dealkylation sites (tertiary alicyclic amines) is 1. The van der Waals surface area contributed by atoms with Gasteiger partial charge in [-0.25, -0.2) is 0 Å². The molecule has 1 saturated carbocycles. The summed E-state index contributed by atoms with van der Waals surface area (Å²) in [5.74, 6) is -0.476. The van der Waals surface area contributed by atoms with Gasteiger partial charge in [-0.2, -0.15) is 13.2 Å². The van der Waals surface area contributed by atoms with Crippen LogP contribution in [0.5, 0.6) is 0 Å². The molecule has 1 atom stereocenters. The molecular formula is C14H17F3N2O2. The fraction of sp³-hybridized carbons (Fsp3) is 0.714. The first-order valence-corrected chi connectivity index (χ1v) is 7.24.